The van der Waals surface area contributed by atoms with Crippen molar-refractivity contribution in [3.8, 4) is 22.8 Å². The van der Waals surface area contributed by atoms with E-state index in [0.717, 1.165) is 57.9 Å². The normalized spacial score (nSPS) is 11.0. The van der Waals surface area contributed by atoms with Gasteiger partial charge in [0, 0.05) is 33.2 Å². The molecule has 5 heteroatoms. The second kappa shape index (κ2) is 7.81. The number of nitrogens with two attached hydrogens (primary N) is 1. The molecule has 2 aromatic carbocycles. The lowest BCUT2D eigenvalue weighted by Crippen LogP contribution is -1.99. The standard InChI is InChI=1S/C20H23ClN2O2/c1-24-15-9-13(10-16(12-15)25-2)20-17(5-3-4-8-22)18-11-14(21)6-7-19(18)23-20/h6-7,9-12,23H,3-5,8,22H2,1-2H3. The van der Waals surface area contributed by atoms with Crippen LogP contribution in [0.2, 0.25) is 5.02 Å². The number of halogens is 1. The van der Waals surface area contributed by atoms with Crippen LogP contribution in [-0.2, 0) is 6.42 Å². The summed E-state index contributed by atoms with van der Waals surface area (Å²) in [6.45, 7) is 0.700. The van der Waals surface area contributed by atoms with E-state index in [0.29, 0.717) is 6.54 Å². The SMILES string of the molecule is COc1cc(OC)cc(-c2[nH]c3ccc(Cl)cc3c2CCCCN)c1. The first-order valence-electron chi connectivity index (χ1n) is 8.40. The van der Waals surface area contributed by atoms with Crippen molar-refractivity contribution in [2.45, 2.75) is 19.3 Å². The van der Waals surface area contributed by atoms with E-state index in [-0.39, 0.29) is 0 Å². The van der Waals surface area contributed by atoms with Crippen LogP contribution in [0.5, 0.6) is 11.5 Å². The monoisotopic (exact) mass is 358 g/mol. The average molecular weight is 359 g/mol. The third kappa shape index (κ3) is 3.75. The molecule has 3 N–H and O–H groups in total. The van der Waals surface area contributed by atoms with Crippen LogP contribution in [0.25, 0.3) is 22.2 Å². The molecule has 0 spiro atoms. The van der Waals surface area contributed by atoms with Crippen LogP contribution in [-0.4, -0.2) is 25.7 Å². The van der Waals surface area contributed by atoms with Gasteiger partial charge < -0.3 is 20.2 Å². The van der Waals surface area contributed by atoms with E-state index in [2.05, 4.69) is 4.98 Å². The summed E-state index contributed by atoms with van der Waals surface area (Å²) in [7, 11) is 3.32. The van der Waals surface area contributed by atoms with Crippen molar-refractivity contribution in [2.24, 2.45) is 5.73 Å². The molecular formula is C20H23ClN2O2. The summed E-state index contributed by atoms with van der Waals surface area (Å²) in [4.78, 5) is 3.54. The third-order valence-electron chi connectivity index (χ3n) is 4.39. The molecular weight excluding hydrogens is 336 g/mol. The van der Waals surface area contributed by atoms with Crippen molar-refractivity contribution < 1.29 is 9.47 Å². The number of unbranched alkanes of at least 4 members (excludes halogenated alkanes) is 1. The minimum Gasteiger partial charge on any atom is -0.497 e. The first kappa shape index (κ1) is 17.6. The van der Waals surface area contributed by atoms with Crippen LogP contribution in [0, 0.1) is 0 Å². The molecule has 3 aromatic rings. The molecule has 0 aliphatic carbocycles. The number of rotatable bonds is 7. The van der Waals surface area contributed by atoms with E-state index in [9.17, 15) is 0 Å². The maximum Gasteiger partial charge on any atom is 0.123 e. The highest BCUT2D eigenvalue weighted by Crippen LogP contribution is 2.36. The van der Waals surface area contributed by atoms with Gasteiger partial charge in [0.15, 0.2) is 0 Å². The molecule has 4 nitrogen and oxygen atoms in total. The van der Waals surface area contributed by atoms with E-state index >= 15 is 0 Å². The Bertz CT molecular complexity index is 851. The van der Waals surface area contributed by atoms with Crippen LogP contribution in [0.1, 0.15) is 18.4 Å². The highest BCUT2D eigenvalue weighted by Gasteiger charge is 2.15. The highest BCUT2D eigenvalue weighted by molar-refractivity contribution is 6.31. The summed E-state index contributed by atoms with van der Waals surface area (Å²) < 4.78 is 10.8. The third-order valence-corrected chi connectivity index (χ3v) is 4.62. The van der Waals surface area contributed by atoms with Crippen LogP contribution in [0.15, 0.2) is 36.4 Å². The van der Waals surface area contributed by atoms with Gasteiger partial charge in [0.05, 0.1) is 14.2 Å². The molecule has 0 aliphatic rings. The van der Waals surface area contributed by atoms with Gasteiger partial charge in [0.25, 0.3) is 0 Å². The van der Waals surface area contributed by atoms with Gasteiger partial charge >= 0.3 is 0 Å². The molecule has 0 bridgehead atoms. The van der Waals surface area contributed by atoms with E-state index in [1.165, 1.54) is 5.56 Å². The Morgan fingerprint density at radius 3 is 2.36 bits per heavy atom. The molecule has 3 rings (SSSR count). The largest absolute Gasteiger partial charge is 0.497 e. The van der Waals surface area contributed by atoms with Crippen molar-refractivity contribution in [3.63, 3.8) is 0 Å². The van der Waals surface area contributed by atoms with Gasteiger partial charge in [-0.3, -0.25) is 0 Å². The number of benzene rings is 2. The van der Waals surface area contributed by atoms with Crippen molar-refractivity contribution in [1.29, 1.82) is 0 Å². The molecule has 0 unspecified atom stereocenters. The zero-order chi connectivity index (χ0) is 17.8. The topological polar surface area (TPSA) is 60.3 Å². The lowest BCUT2D eigenvalue weighted by Gasteiger charge is -2.10. The second-order valence-corrected chi connectivity index (χ2v) is 6.45. The second-order valence-electron chi connectivity index (χ2n) is 6.02. The number of aromatic nitrogens is 1. The fourth-order valence-corrected chi connectivity index (χ4v) is 3.30. The Morgan fingerprint density at radius 2 is 1.72 bits per heavy atom. The molecule has 132 valence electrons. The number of H-pyrrole nitrogens is 1. The van der Waals surface area contributed by atoms with Crippen molar-refractivity contribution in [1.82, 2.24) is 4.98 Å². The quantitative estimate of drug-likeness (QED) is 0.597. The number of fused-ring (bicyclic) bond motifs is 1. The van der Waals surface area contributed by atoms with E-state index in [1.54, 1.807) is 14.2 Å². The van der Waals surface area contributed by atoms with Crippen LogP contribution in [0.3, 0.4) is 0 Å². The maximum atomic E-state index is 6.23. The van der Waals surface area contributed by atoms with Gasteiger partial charge in [-0.25, -0.2) is 0 Å². The predicted molar refractivity (Wildman–Crippen MR) is 104 cm³/mol. The van der Waals surface area contributed by atoms with E-state index in [1.807, 2.05) is 36.4 Å². The fraction of sp³-hybridized carbons (Fsp3) is 0.300. The Labute approximate surface area is 152 Å². The number of methoxy groups -OCH3 is 2. The molecule has 25 heavy (non-hydrogen) atoms. The molecule has 0 aliphatic heterocycles. The average Bonchev–Trinajstić information content (AvgIpc) is 2.99. The summed E-state index contributed by atoms with van der Waals surface area (Å²) in [5.74, 6) is 1.53. The number of nitrogens with one attached hydrogen (secondary N) is 1. The molecule has 0 saturated carbocycles. The van der Waals surface area contributed by atoms with Gasteiger partial charge in [0.1, 0.15) is 11.5 Å². The highest BCUT2D eigenvalue weighted by atomic mass is 35.5. The van der Waals surface area contributed by atoms with Gasteiger partial charge in [-0.1, -0.05) is 11.6 Å². The lowest BCUT2D eigenvalue weighted by molar-refractivity contribution is 0.394. The number of hydrogen-bond donors (Lipinski definition) is 2. The van der Waals surface area contributed by atoms with Gasteiger partial charge in [0.2, 0.25) is 0 Å². The van der Waals surface area contributed by atoms with Crippen LogP contribution < -0.4 is 15.2 Å². The molecule has 1 heterocycles. The number of hydrogen-bond acceptors (Lipinski definition) is 3. The van der Waals surface area contributed by atoms with Crippen LogP contribution in [0.4, 0.5) is 0 Å². The molecule has 0 amide bonds. The Balaban J connectivity index is 2.15. The van der Waals surface area contributed by atoms with Gasteiger partial charge in [-0.2, -0.15) is 0 Å². The van der Waals surface area contributed by atoms with Crippen molar-refractivity contribution in [3.05, 3.63) is 47.0 Å². The number of ether oxygens (including phenoxy) is 2. The number of aryl methyl sites for hydroxylation is 1. The first-order chi connectivity index (χ1) is 12.2. The lowest BCUT2D eigenvalue weighted by atomic mass is 10.00. The van der Waals surface area contributed by atoms with Crippen molar-refractivity contribution in [2.75, 3.05) is 20.8 Å². The van der Waals surface area contributed by atoms with E-state index < -0.39 is 0 Å². The maximum absolute atomic E-state index is 6.23. The van der Waals surface area contributed by atoms with E-state index in [4.69, 9.17) is 26.8 Å². The first-order valence-corrected chi connectivity index (χ1v) is 8.77. The summed E-state index contributed by atoms with van der Waals surface area (Å²) >= 11 is 6.23. The summed E-state index contributed by atoms with van der Waals surface area (Å²) in [5.41, 5.74) is 10.1. The Hall–Kier alpha value is -2.17. The molecule has 1 aromatic heterocycles. The summed E-state index contributed by atoms with van der Waals surface area (Å²) in [6, 6.07) is 11.8. The molecule has 0 saturated heterocycles. The van der Waals surface area contributed by atoms with Crippen molar-refractivity contribution >= 4 is 22.5 Å². The van der Waals surface area contributed by atoms with Crippen LogP contribution >= 0.6 is 11.6 Å². The Kier molecular flexibility index (Phi) is 5.51. The molecule has 0 fully saturated rings. The fourth-order valence-electron chi connectivity index (χ4n) is 3.12. The van der Waals surface area contributed by atoms with Gasteiger partial charge in [-0.05, 0) is 61.7 Å². The minimum absolute atomic E-state index is 0.700. The summed E-state index contributed by atoms with van der Waals surface area (Å²) in [6.07, 6.45) is 2.96. The minimum atomic E-state index is 0.700. The molecule has 0 radical (unpaired) electrons. The zero-order valence-corrected chi connectivity index (χ0v) is 15.3. The Morgan fingerprint density at radius 1 is 1.00 bits per heavy atom. The zero-order valence-electron chi connectivity index (χ0n) is 14.6. The predicted octanol–water partition coefficient (Wildman–Crippen LogP) is 4.79. The molecule has 0 atom stereocenters. The number of aromatic amines is 1. The summed E-state index contributed by atoms with van der Waals surface area (Å²) in [5, 5.41) is 1.89. The van der Waals surface area contributed by atoms with Gasteiger partial charge in [-0.15, -0.1) is 0 Å². The smallest absolute Gasteiger partial charge is 0.123 e.